The average molecular weight is 371 g/mol. The maximum atomic E-state index is 11.9. The Morgan fingerprint density at radius 2 is 1.78 bits per heavy atom. The highest BCUT2D eigenvalue weighted by Gasteiger charge is 2.20. The Balaban J connectivity index is 1.81. The second-order valence-corrected chi connectivity index (χ2v) is 7.33. The Kier molecular flexibility index (Phi) is 7.40. The van der Waals surface area contributed by atoms with Gasteiger partial charge in [0.15, 0.2) is 5.96 Å². The van der Waals surface area contributed by atoms with Crippen molar-refractivity contribution in [1.29, 1.82) is 0 Å². The van der Waals surface area contributed by atoms with Crippen LogP contribution in [0.5, 0.6) is 0 Å². The molecule has 0 saturated heterocycles. The van der Waals surface area contributed by atoms with Gasteiger partial charge in [0.2, 0.25) is 5.91 Å². The molecule has 2 aromatic rings. The van der Waals surface area contributed by atoms with E-state index in [-0.39, 0.29) is 11.3 Å². The molecule has 1 aromatic heterocycles. The number of guanidine groups is 1. The lowest BCUT2D eigenvalue weighted by molar-refractivity contribution is -0.128. The minimum atomic E-state index is -0.377. The molecule has 0 saturated carbocycles. The molecule has 0 bridgehead atoms. The van der Waals surface area contributed by atoms with Crippen LogP contribution in [-0.4, -0.2) is 41.8 Å². The van der Waals surface area contributed by atoms with Crippen molar-refractivity contribution in [3.63, 3.8) is 0 Å². The number of rotatable bonds is 7. The van der Waals surface area contributed by atoms with Crippen molar-refractivity contribution < 1.29 is 4.79 Å². The van der Waals surface area contributed by atoms with Gasteiger partial charge in [0.05, 0.1) is 6.54 Å². The quantitative estimate of drug-likeness (QED) is 0.394. The average Bonchev–Trinajstić information content (AvgIpc) is 3.14. The van der Waals surface area contributed by atoms with Crippen molar-refractivity contribution in [3.05, 3.63) is 53.9 Å². The molecule has 0 radical (unpaired) electrons. The molecule has 0 spiro atoms. The topological polar surface area (TPSA) is 83.3 Å². The Morgan fingerprint density at radius 1 is 1.07 bits per heavy atom. The van der Waals surface area contributed by atoms with Crippen LogP contribution in [-0.2, 0) is 17.9 Å². The van der Waals surface area contributed by atoms with E-state index >= 15 is 0 Å². The van der Waals surface area contributed by atoms with E-state index in [1.165, 1.54) is 11.1 Å². The molecule has 0 aliphatic rings. The smallest absolute Gasteiger partial charge is 0.225 e. The van der Waals surface area contributed by atoms with Crippen molar-refractivity contribution in [1.82, 2.24) is 25.7 Å². The lowest BCUT2D eigenvalue weighted by Crippen LogP contribution is -2.43. The largest absolute Gasteiger partial charge is 0.355 e. The van der Waals surface area contributed by atoms with Crippen molar-refractivity contribution >= 4 is 11.9 Å². The van der Waals surface area contributed by atoms with Gasteiger partial charge in [-0.1, -0.05) is 45.0 Å². The fourth-order valence-electron chi connectivity index (χ4n) is 2.47. The molecular formula is C20H30N6O. The van der Waals surface area contributed by atoms with Crippen LogP contribution in [0.15, 0.2) is 47.7 Å². The maximum Gasteiger partial charge on any atom is 0.225 e. The number of aromatic nitrogens is 2. The summed E-state index contributed by atoms with van der Waals surface area (Å²) in [4.78, 5) is 16.1. The Bertz CT molecular complexity index is 746. The molecule has 1 heterocycles. The van der Waals surface area contributed by atoms with Crippen LogP contribution >= 0.6 is 0 Å². The van der Waals surface area contributed by atoms with E-state index < -0.39 is 0 Å². The van der Waals surface area contributed by atoms with Gasteiger partial charge in [0.25, 0.3) is 0 Å². The molecule has 1 amide bonds. The highest BCUT2D eigenvalue weighted by Crippen LogP contribution is 2.12. The SMILES string of the molecule is CN=C(NCCNC(=O)C(C)(C)C)NCc1ccccc1Cn1cccn1. The zero-order chi connectivity index (χ0) is 19.7. The molecule has 0 aliphatic carbocycles. The predicted molar refractivity (Wildman–Crippen MR) is 108 cm³/mol. The van der Waals surface area contributed by atoms with E-state index in [1.807, 2.05) is 49.8 Å². The molecule has 7 nitrogen and oxygen atoms in total. The summed E-state index contributed by atoms with van der Waals surface area (Å²) in [5, 5.41) is 13.7. The highest BCUT2D eigenvalue weighted by atomic mass is 16.2. The van der Waals surface area contributed by atoms with Gasteiger partial charge in [-0.2, -0.15) is 5.10 Å². The fourth-order valence-corrected chi connectivity index (χ4v) is 2.47. The third-order valence-electron chi connectivity index (χ3n) is 4.06. The van der Waals surface area contributed by atoms with Gasteiger partial charge in [-0.15, -0.1) is 0 Å². The molecule has 146 valence electrons. The summed E-state index contributed by atoms with van der Waals surface area (Å²) in [6.45, 7) is 8.25. The van der Waals surface area contributed by atoms with Crippen LogP contribution < -0.4 is 16.0 Å². The normalized spacial score (nSPS) is 11.9. The molecule has 0 unspecified atom stereocenters. The summed E-state index contributed by atoms with van der Waals surface area (Å²) in [7, 11) is 1.73. The summed E-state index contributed by atoms with van der Waals surface area (Å²) in [5.41, 5.74) is 2.02. The second kappa shape index (κ2) is 9.75. The van der Waals surface area contributed by atoms with E-state index in [0.29, 0.717) is 25.6 Å². The lowest BCUT2D eigenvalue weighted by Gasteiger charge is -2.18. The Labute approximate surface area is 161 Å². The third-order valence-corrected chi connectivity index (χ3v) is 4.06. The number of hydrogen-bond acceptors (Lipinski definition) is 3. The van der Waals surface area contributed by atoms with Gasteiger partial charge in [-0.05, 0) is 17.2 Å². The van der Waals surface area contributed by atoms with Crippen LogP contribution in [0.1, 0.15) is 31.9 Å². The van der Waals surface area contributed by atoms with E-state index in [0.717, 1.165) is 6.54 Å². The molecule has 1 aromatic carbocycles. The molecule has 2 rings (SSSR count). The number of aliphatic imine (C=N–C) groups is 1. The van der Waals surface area contributed by atoms with Crippen LogP contribution in [0.25, 0.3) is 0 Å². The van der Waals surface area contributed by atoms with E-state index in [1.54, 1.807) is 13.2 Å². The monoisotopic (exact) mass is 370 g/mol. The van der Waals surface area contributed by atoms with Gasteiger partial charge >= 0.3 is 0 Å². The molecule has 7 heteroatoms. The zero-order valence-corrected chi connectivity index (χ0v) is 16.6. The number of nitrogens with one attached hydrogen (secondary N) is 3. The highest BCUT2D eigenvalue weighted by molar-refractivity contribution is 5.81. The van der Waals surface area contributed by atoms with Gasteiger partial charge in [0.1, 0.15) is 0 Å². The first kappa shape index (κ1) is 20.5. The van der Waals surface area contributed by atoms with Crippen LogP contribution in [0, 0.1) is 5.41 Å². The lowest BCUT2D eigenvalue weighted by atomic mass is 9.96. The number of carbonyl (C=O) groups excluding carboxylic acids is 1. The van der Waals surface area contributed by atoms with E-state index in [4.69, 9.17) is 0 Å². The number of carbonyl (C=O) groups is 1. The number of amides is 1. The second-order valence-electron chi connectivity index (χ2n) is 7.33. The summed E-state index contributed by atoms with van der Waals surface area (Å²) < 4.78 is 1.91. The van der Waals surface area contributed by atoms with Gasteiger partial charge < -0.3 is 16.0 Å². The van der Waals surface area contributed by atoms with Gasteiger partial charge in [-0.25, -0.2) is 0 Å². The van der Waals surface area contributed by atoms with Crippen LogP contribution in [0.2, 0.25) is 0 Å². The Hall–Kier alpha value is -2.83. The molecule has 0 atom stereocenters. The number of benzene rings is 1. The first-order valence-electron chi connectivity index (χ1n) is 9.17. The predicted octanol–water partition coefficient (Wildman–Crippen LogP) is 1.76. The van der Waals surface area contributed by atoms with Crippen molar-refractivity contribution in [2.24, 2.45) is 10.4 Å². The van der Waals surface area contributed by atoms with Crippen LogP contribution in [0.4, 0.5) is 0 Å². The summed E-state index contributed by atoms with van der Waals surface area (Å²) in [6, 6.07) is 10.2. The first-order chi connectivity index (χ1) is 12.9. The number of nitrogens with zero attached hydrogens (tertiary/aromatic N) is 3. The van der Waals surface area contributed by atoms with Crippen molar-refractivity contribution in [2.45, 2.75) is 33.9 Å². The van der Waals surface area contributed by atoms with Gasteiger partial charge in [-0.3, -0.25) is 14.5 Å². The fraction of sp³-hybridized carbons (Fsp3) is 0.450. The summed E-state index contributed by atoms with van der Waals surface area (Å²) in [6.07, 6.45) is 3.74. The third kappa shape index (κ3) is 6.77. The Morgan fingerprint density at radius 3 is 2.41 bits per heavy atom. The zero-order valence-electron chi connectivity index (χ0n) is 16.6. The first-order valence-corrected chi connectivity index (χ1v) is 9.17. The minimum absolute atomic E-state index is 0.0415. The summed E-state index contributed by atoms with van der Waals surface area (Å²) >= 11 is 0. The van der Waals surface area contributed by atoms with E-state index in [2.05, 4.69) is 38.2 Å². The molecule has 0 fully saturated rings. The minimum Gasteiger partial charge on any atom is -0.355 e. The standard InChI is InChI=1S/C20H30N6O/c1-20(2,3)18(27)22-11-12-23-19(21-4)24-14-16-8-5-6-9-17(16)15-26-13-7-10-25-26/h5-10,13H,11-12,14-15H2,1-4H3,(H,22,27)(H2,21,23,24). The maximum absolute atomic E-state index is 11.9. The van der Waals surface area contributed by atoms with Gasteiger partial charge in [0, 0.05) is 44.5 Å². The molecule has 0 aliphatic heterocycles. The van der Waals surface area contributed by atoms with Crippen molar-refractivity contribution in [2.75, 3.05) is 20.1 Å². The van der Waals surface area contributed by atoms with Crippen LogP contribution in [0.3, 0.4) is 0 Å². The molecule has 27 heavy (non-hydrogen) atoms. The van der Waals surface area contributed by atoms with E-state index in [9.17, 15) is 4.79 Å². The summed E-state index contributed by atoms with van der Waals surface area (Å²) in [5.74, 6) is 0.744. The molecular weight excluding hydrogens is 340 g/mol. The van der Waals surface area contributed by atoms with Crippen molar-refractivity contribution in [3.8, 4) is 0 Å². The number of hydrogen-bond donors (Lipinski definition) is 3. The molecule has 3 N–H and O–H groups in total.